The van der Waals surface area contributed by atoms with Gasteiger partial charge in [0.25, 0.3) is 5.88 Å². The zero-order chi connectivity index (χ0) is 15.0. The number of carbonyl (C=O) groups excluding carboxylic acids is 1. The van der Waals surface area contributed by atoms with Gasteiger partial charge in [0, 0.05) is 13.0 Å². The Kier molecular flexibility index (Phi) is 6.14. The molecule has 0 unspecified atom stereocenters. The first-order valence-corrected chi connectivity index (χ1v) is 6.03. The lowest BCUT2D eigenvalue weighted by molar-refractivity contribution is -0.385. The number of methoxy groups -OCH3 is 1. The Labute approximate surface area is 115 Å². The van der Waals surface area contributed by atoms with Crippen molar-refractivity contribution in [3.05, 3.63) is 16.4 Å². The predicted octanol–water partition coefficient (Wildman–Crippen LogP) is 1.15. The minimum atomic E-state index is -0.619. The van der Waals surface area contributed by atoms with Crippen molar-refractivity contribution < 1.29 is 19.2 Å². The molecule has 1 N–H and O–H groups in total. The summed E-state index contributed by atoms with van der Waals surface area (Å²) in [5.41, 5.74) is -0.328. The summed E-state index contributed by atoms with van der Waals surface area (Å²) in [6.45, 7) is 2.41. The van der Waals surface area contributed by atoms with Gasteiger partial charge in [-0.05, 0) is 13.3 Å². The van der Waals surface area contributed by atoms with Crippen molar-refractivity contribution >= 4 is 17.5 Å². The van der Waals surface area contributed by atoms with Crippen LogP contribution in [0.25, 0.3) is 0 Å². The maximum atomic E-state index is 11.1. The van der Waals surface area contributed by atoms with E-state index in [4.69, 9.17) is 9.47 Å². The average Bonchev–Trinajstić information content (AvgIpc) is 2.43. The maximum absolute atomic E-state index is 11.1. The van der Waals surface area contributed by atoms with E-state index in [-0.39, 0.29) is 29.8 Å². The van der Waals surface area contributed by atoms with E-state index < -0.39 is 4.92 Å². The lowest BCUT2D eigenvalue weighted by Gasteiger charge is -2.07. The van der Waals surface area contributed by atoms with Crippen molar-refractivity contribution in [2.75, 3.05) is 25.6 Å². The fourth-order valence-electron chi connectivity index (χ4n) is 1.48. The highest BCUT2D eigenvalue weighted by Crippen LogP contribution is 2.30. The van der Waals surface area contributed by atoms with Crippen LogP contribution in [0.15, 0.2) is 6.33 Å². The van der Waals surface area contributed by atoms with E-state index >= 15 is 0 Å². The standard InChI is InChI=1S/C11H16N4O5/c1-3-20-8(16)5-4-6-12-10-9(15(17)18)11(19-2)14-7-13-10/h7H,3-6H2,1-2H3,(H,12,13,14). The van der Waals surface area contributed by atoms with Crippen LogP contribution in [-0.4, -0.2) is 41.1 Å². The largest absolute Gasteiger partial charge is 0.476 e. The van der Waals surface area contributed by atoms with Crippen molar-refractivity contribution in [1.82, 2.24) is 9.97 Å². The van der Waals surface area contributed by atoms with Gasteiger partial charge in [-0.15, -0.1) is 0 Å². The van der Waals surface area contributed by atoms with Crippen LogP contribution in [0.5, 0.6) is 5.88 Å². The van der Waals surface area contributed by atoms with E-state index in [0.29, 0.717) is 19.6 Å². The van der Waals surface area contributed by atoms with Gasteiger partial charge in [-0.3, -0.25) is 14.9 Å². The highest BCUT2D eigenvalue weighted by atomic mass is 16.6. The van der Waals surface area contributed by atoms with Gasteiger partial charge in [0.15, 0.2) is 0 Å². The second kappa shape index (κ2) is 7.87. The number of aromatic nitrogens is 2. The molecule has 110 valence electrons. The fourth-order valence-corrected chi connectivity index (χ4v) is 1.48. The van der Waals surface area contributed by atoms with Crippen molar-refractivity contribution in [1.29, 1.82) is 0 Å². The zero-order valence-electron chi connectivity index (χ0n) is 11.3. The summed E-state index contributed by atoms with van der Waals surface area (Å²) in [6, 6.07) is 0. The number of carbonyl (C=O) groups is 1. The molecule has 0 aliphatic carbocycles. The number of hydrogen-bond acceptors (Lipinski definition) is 8. The van der Waals surface area contributed by atoms with Crippen molar-refractivity contribution in [3.63, 3.8) is 0 Å². The highest BCUT2D eigenvalue weighted by molar-refractivity contribution is 5.69. The third kappa shape index (κ3) is 4.34. The Morgan fingerprint density at radius 2 is 2.25 bits per heavy atom. The molecular formula is C11H16N4O5. The number of esters is 1. The monoisotopic (exact) mass is 284 g/mol. The summed E-state index contributed by atoms with van der Waals surface area (Å²) in [5.74, 6) is -0.354. The Morgan fingerprint density at radius 3 is 2.85 bits per heavy atom. The topological polar surface area (TPSA) is 116 Å². The van der Waals surface area contributed by atoms with Crippen LogP contribution in [0.2, 0.25) is 0 Å². The van der Waals surface area contributed by atoms with E-state index in [9.17, 15) is 14.9 Å². The first kappa shape index (κ1) is 15.6. The Morgan fingerprint density at radius 1 is 1.50 bits per heavy atom. The van der Waals surface area contributed by atoms with Gasteiger partial charge >= 0.3 is 11.7 Å². The molecule has 0 radical (unpaired) electrons. The molecule has 0 bridgehead atoms. The predicted molar refractivity (Wildman–Crippen MR) is 69.6 cm³/mol. The average molecular weight is 284 g/mol. The van der Waals surface area contributed by atoms with E-state index in [2.05, 4.69) is 15.3 Å². The molecule has 0 aliphatic heterocycles. The molecule has 1 rings (SSSR count). The molecule has 0 spiro atoms. The first-order chi connectivity index (χ1) is 9.60. The van der Waals surface area contributed by atoms with Crippen LogP contribution in [0, 0.1) is 10.1 Å². The molecule has 0 atom stereocenters. The van der Waals surface area contributed by atoms with Crippen LogP contribution in [-0.2, 0) is 9.53 Å². The maximum Gasteiger partial charge on any atom is 0.372 e. The van der Waals surface area contributed by atoms with Crippen molar-refractivity contribution in [3.8, 4) is 5.88 Å². The minimum Gasteiger partial charge on any atom is -0.476 e. The van der Waals surface area contributed by atoms with Gasteiger partial charge in [0.1, 0.15) is 6.33 Å². The summed E-state index contributed by atoms with van der Waals surface area (Å²) in [4.78, 5) is 28.9. The second-order valence-corrected chi connectivity index (χ2v) is 3.67. The van der Waals surface area contributed by atoms with Crippen molar-refractivity contribution in [2.45, 2.75) is 19.8 Å². The van der Waals surface area contributed by atoms with Gasteiger partial charge in [-0.2, -0.15) is 4.98 Å². The Balaban J connectivity index is 2.60. The summed E-state index contributed by atoms with van der Waals surface area (Å²) in [7, 11) is 1.29. The number of nitrogens with one attached hydrogen (secondary N) is 1. The number of hydrogen-bond donors (Lipinski definition) is 1. The second-order valence-electron chi connectivity index (χ2n) is 3.67. The zero-order valence-corrected chi connectivity index (χ0v) is 11.3. The fraction of sp³-hybridized carbons (Fsp3) is 0.545. The Bertz CT molecular complexity index is 480. The molecule has 0 aliphatic rings. The highest BCUT2D eigenvalue weighted by Gasteiger charge is 2.23. The molecule has 1 heterocycles. The van der Waals surface area contributed by atoms with E-state index in [1.807, 2.05) is 0 Å². The number of nitro groups is 1. The summed E-state index contributed by atoms with van der Waals surface area (Å²) in [5, 5.41) is 13.7. The first-order valence-electron chi connectivity index (χ1n) is 6.03. The lowest BCUT2D eigenvalue weighted by atomic mass is 10.3. The van der Waals surface area contributed by atoms with Crippen LogP contribution in [0.4, 0.5) is 11.5 Å². The number of anilines is 1. The van der Waals surface area contributed by atoms with Crippen LogP contribution in [0.1, 0.15) is 19.8 Å². The van der Waals surface area contributed by atoms with Crippen LogP contribution < -0.4 is 10.1 Å². The molecular weight excluding hydrogens is 268 g/mol. The SMILES string of the molecule is CCOC(=O)CCCNc1ncnc(OC)c1[N+](=O)[O-]. The molecule has 0 aromatic carbocycles. The van der Waals surface area contributed by atoms with E-state index in [1.54, 1.807) is 6.92 Å². The third-order valence-corrected chi connectivity index (χ3v) is 2.32. The number of ether oxygens (including phenoxy) is 2. The molecule has 9 nitrogen and oxygen atoms in total. The van der Waals surface area contributed by atoms with E-state index in [0.717, 1.165) is 0 Å². The van der Waals surface area contributed by atoms with Gasteiger partial charge in [-0.25, -0.2) is 4.98 Å². The number of rotatable bonds is 8. The molecule has 1 aromatic rings. The molecule has 20 heavy (non-hydrogen) atoms. The number of nitrogens with zero attached hydrogens (tertiary/aromatic N) is 3. The third-order valence-electron chi connectivity index (χ3n) is 2.32. The minimum absolute atomic E-state index is 0.0608. The van der Waals surface area contributed by atoms with Crippen LogP contribution in [0.3, 0.4) is 0 Å². The van der Waals surface area contributed by atoms with Crippen LogP contribution >= 0.6 is 0 Å². The molecule has 1 aromatic heterocycles. The molecule has 0 saturated carbocycles. The van der Waals surface area contributed by atoms with Gasteiger partial charge in [0.2, 0.25) is 5.82 Å². The summed E-state index contributed by atoms with van der Waals surface area (Å²) < 4.78 is 9.59. The van der Waals surface area contributed by atoms with E-state index in [1.165, 1.54) is 13.4 Å². The van der Waals surface area contributed by atoms with Crippen molar-refractivity contribution in [2.24, 2.45) is 0 Å². The normalized spacial score (nSPS) is 9.90. The smallest absolute Gasteiger partial charge is 0.372 e. The molecule has 9 heteroatoms. The van der Waals surface area contributed by atoms with Gasteiger partial charge < -0.3 is 14.8 Å². The summed E-state index contributed by atoms with van der Waals surface area (Å²) >= 11 is 0. The molecule has 0 amide bonds. The quantitative estimate of drug-likeness (QED) is 0.327. The van der Waals surface area contributed by atoms with Gasteiger partial charge in [-0.1, -0.05) is 0 Å². The molecule has 0 saturated heterocycles. The Hall–Kier alpha value is -2.45. The summed E-state index contributed by atoms with van der Waals surface area (Å²) in [6.07, 6.45) is 1.87. The lowest BCUT2D eigenvalue weighted by Crippen LogP contribution is -2.11. The van der Waals surface area contributed by atoms with Gasteiger partial charge in [0.05, 0.1) is 18.6 Å². The molecule has 0 fully saturated rings.